The van der Waals surface area contributed by atoms with E-state index in [4.69, 9.17) is 15.6 Å². The summed E-state index contributed by atoms with van der Waals surface area (Å²) in [6.45, 7) is 5.65. The van der Waals surface area contributed by atoms with Crippen molar-refractivity contribution in [3.05, 3.63) is 29.3 Å². The number of hydrogen-bond acceptors (Lipinski definition) is 4. The van der Waals surface area contributed by atoms with Gasteiger partial charge in [0.25, 0.3) is 0 Å². The Morgan fingerprint density at radius 3 is 2.64 bits per heavy atom. The first-order valence-corrected chi connectivity index (χ1v) is 6.77. The molecular weight excluding hydrogens is 284 g/mol. The monoisotopic (exact) mass is 304 g/mol. The molecule has 4 N–H and O–H groups in total. The zero-order valence-electron chi connectivity index (χ0n) is 12.9. The molecule has 6 heteroatoms. The second-order valence-corrected chi connectivity index (χ2v) is 5.59. The third-order valence-corrected chi connectivity index (χ3v) is 2.42. The van der Waals surface area contributed by atoms with Crippen LogP contribution in [0, 0.1) is 11.8 Å². The van der Waals surface area contributed by atoms with Gasteiger partial charge >= 0.3 is 12.1 Å². The van der Waals surface area contributed by atoms with Crippen LogP contribution in [0.5, 0.6) is 0 Å². The van der Waals surface area contributed by atoms with Crippen molar-refractivity contribution in [1.82, 2.24) is 5.32 Å². The second-order valence-electron chi connectivity index (χ2n) is 5.59. The molecule has 0 bridgehead atoms. The van der Waals surface area contributed by atoms with Gasteiger partial charge in [0.05, 0.1) is 5.56 Å². The number of nitrogens with two attached hydrogens (primary N) is 1. The van der Waals surface area contributed by atoms with Crippen LogP contribution in [0.3, 0.4) is 0 Å². The van der Waals surface area contributed by atoms with Gasteiger partial charge < -0.3 is 20.9 Å². The number of amides is 1. The van der Waals surface area contributed by atoms with Crippen LogP contribution in [0.15, 0.2) is 18.2 Å². The van der Waals surface area contributed by atoms with Crippen LogP contribution in [-0.2, 0) is 4.74 Å². The fourth-order valence-electron chi connectivity index (χ4n) is 1.55. The molecule has 1 aromatic rings. The summed E-state index contributed by atoms with van der Waals surface area (Å²) in [6.07, 6.45) is -0.129. The van der Waals surface area contributed by atoms with Crippen molar-refractivity contribution in [2.45, 2.75) is 32.8 Å². The molecule has 0 radical (unpaired) electrons. The van der Waals surface area contributed by atoms with E-state index in [2.05, 4.69) is 17.2 Å². The summed E-state index contributed by atoms with van der Waals surface area (Å²) in [4.78, 5) is 22.5. The lowest BCUT2D eigenvalue weighted by molar-refractivity contribution is 0.0528. The fourth-order valence-corrected chi connectivity index (χ4v) is 1.55. The average molecular weight is 304 g/mol. The van der Waals surface area contributed by atoms with Gasteiger partial charge in [0.2, 0.25) is 0 Å². The minimum atomic E-state index is -1.08. The van der Waals surface area contributed by atoms with Gasteiger partial charge in [-0.15, -0.1) is 0 Å². The molecule has 0 atom stereocenters. The Labute approximate surface area is 129 Å². The van der Waals surface area contributed by atoms with Crippen LogP contribution >= 0.6 is 0 Å². The third kappa shape index (κ3) is 6.18. The molecule has 1 rings (SSSR count). The third-order valence-electron chi connectivity index (χ3n) is 2.42. The van der Waals surface area contributed by atoms with Crippen molar-refractivity contribution in [3.8, 4) is 11.8 Å². The average Bonchev–Trinajstić information content (AvgIpc) is 2.37. The van der Waals surface area contributed by atoms with E-state index in [0.717, 1.165) is 0 Å². The van der Waals surface area contributed by atoms with Crippen molar-refractivity contribution >= 4 is 17.7 Å². The van der Waals surface area contributed by atoms with E-state index in [-0.39, 0.29) is 5.56 Å². The number of ether oxygens (including phenoxy) is 1. The predicted molar refractivity (Wildman–Crippen MR) is 83.5 cm³/mol. The van der Waals surface area contributed by atoms with E-state index < -0.39 is 17.7 Å². The topological polar surface area (TPSA) is 102 Å². The number of rotatable bonds is 3. The first-order chi connectivity index (χ1) is 10.2. The molecule has 0 aliphatic heterocycles. The van der Waals surface area contributed by atoms with Gasteiger partial charge in [-0.25, -0.2) is 9.59 Å². The number of hydrogen-bond donors (Lipinski definition) is 3. The van der Waals surface area contributed by atoms with Gasteiger partial charge in [-0.3, -0.25) is 0 Å². The van der Waals surface area contributed by atoms with Crippen molar-refractivity contribution < 1.29 is 19.4 Å². The Kier molecular flexibility index (Phi) is 5.81. The number of aromatic carboxylic acids is 1. The Morgan fingerprint density at radius 2 is 2.05 bits per heavy atom. The predicted octanol–water partition coefficient (Wildman–Crippen LogP) is 2.23. The number of nitrogens with one attached hydrogen (secondary N) is 1. The second kappa shape index (κ2) is 7.36. The van der Waals surface area contributed by atoms with Crippen LogP contribution in [-0.4, -0.2) is 29.3 Å². The summed E-state index contributed by atoms with van der Waals surface area (Å²) < 4.78 is 5.08. The van der Waals surface area contributed by atoms with Crippen molar-refractivity contribution in [1.29, 1.82) is 0 Å². The van der Waals surface area contributed by atoms with E-state index in [1.807, 2.05) is 0 Å². The maximum atomic E-state index is 11.4. The molecular formula is C16H20N2O4. The lowest BCUT2D eigenvalue weighted by atomic mass is 10.1. The molecule has 1 aromatic carbocycles. The highest BCUT2D eigenvalue weighted by Crippen LogP contribution is 2.12. The summed E-state index contributed by atoms with van der Waals surface area (Å²) in [5.74, 6) is 4.50. The number of benzene rings is 1. The molecule has 0 fully saturated rings. The standard InChI is InChI=1S/C16H20N2O4/c1-16(2,3)22-15(21)18-9-5-4-6-11-7-8-12(17)10-13(11)14(19)20/h7-8,10H,5,9,17H2,1-3H3,(H,18,21)(H,19,20). The lowest BCUT2D eigenvalue weighted by Crippen LogP contribution is -2.32. The molecule has 0 aliphatic rings. The van der Waals surface area contributed by atoms with Crippen LogP contribution in [0.1, 0.15) is 43.1 Å². The van der Waals surface area contributed by atoms with Crippen molar-refractivity contribution in [2.75, 3.05) is 12.3 Å². The zero-order valence-corrected chi connectivity index (χ0v) is 12.9. The highest BCUT2D eigenvalue weighted by molar-refractivity contribution is 5.91. The maximum Gasteiger partial charge on any atom is 0.407 e. The van der Waals surface area contributed by atoms with Gasteiger partial charge in [0, 0.05) is 24.2 Å². The van der Waals surface area contributed by atoms with Crippen LogP contribution in [0.4, 0.5) is 10.5 Å². The Bertz CT molecular complexity index is 621. The summed E-state index contributed by atoms with van der Waals surface area (Å²) in [7, 11) is 0. The summed E-state index contributed by atoms with van der Waals surface area (Å²) in [5, 5.41) is 11.6. The molecule has 118 valence electrons. The molecule has 0 saturated carbocycles. The number of carboxylic acids is 1. The SMILES string of the molecule is CC(C)(C)OC(=O)NCCC#Cc1ccc(N)cc1C(=O)O. The van der Waals surface area contributed by atoms with Gasteiger partial charge in [0.15, 0.2) is 0 Å². The number of anilines is 1. The van der Waals surface area contributed by atoms with Crippen LogP contribution in [0.2, 0.25) is 0 Å². The minimum Gasteiger partial charge on any atom is -0.478 e. The highest BCUT2D eigenvalue weighted by atomic mass is 16.6. The van der Waals surface area contributed by atoms with E-state index in [0.29, 0.717) is 24.2 Å². The fraction of sp³-hybridized carbons (Fsp3) is 0.375. The molecule has 0 heterocycles. The largest absolute Gasteiger partial charge is 0.478 e. The number of carbonyl (C=O) groups is 2. The van der Waals surface area contributed by atoms with Gasteiger partial charge in [-0.1, -0.05) is 11.8 Å². The Morgan fingerprint density at radius 1 is 1.36 bits per heavy atom. The molecule has 0 aliphatic carbocycles. The molecule has 0 saturated heterocycles. The minimum absolute atomic E-state index is 0.0626. The normalized spacial score (nSPS) is 10.3. The van der Waals surface area contributed by atoms with Gasteiger partial charge in [-0.05, 0) is 39.0 Å². The molecule has 0 spiro atoms. The molecule has 1 amide bonds. The first-order valence-electron chi connectivity index (χ1n) is 6.77. The summed E-state index contributed by atoms with van der Waals surface area (Å²) in [6, 6.07) is 4.52. The highest BCUT2D eigenvalue weighted by Gasteiger charge is 2.15. The summed E-state index contributed by atoms with van der Waals surface area (Å²) >= 11 is 0. The molecule has 0 unspecified atom stereocenters. The number of nitrogen functional groups attached to an aromatic ring is 1. The van der Waals surface area contributed by atoms with Crippen LogP contribution < -0.4 is 11.1 Å². The Hall–Kier alpha value is -2.68. The zero-order chi connectivity index (χ0) is 16.8. The van der Waals surface area contributed by atoms with Crippen molar-refractivity contribution in [3.63, 3.8) is 0 Å². The molecule has 22 heavy (non-hydrogen) atoms. The van der Waals surface area contributed by atoms with Crippen LogP contribution in [0.25, 0.3) is 0 Å². The van der Waals surface area contributed by atoms with E-state index in [1.54, 1.807) is 32.9 Å². The molecule has 0 aromatic heterocycles. The maximum absolute atomic E-state index is 11.4. The smallest absolute Gasteiger partial charge is 0.407 e. The number of carbonyl (C=O) groups excluding carboxylic acids is 1. The number of alkyl carbamates (subject to hydrolysis) is 1. The number of carboxylic acid groups (broad SMARTS) is 1. The Balaban J connectivity index is 2.55. The first kappa shape index (κ1) is 17.4. The lowest BCUT2D eigenvalue weighted by Gasteiger charge is -2.19. The van der Waals surface area contributed by atoms with E-state index in [1.165, 1.54) is 6.07 Å². The summed E-state index contributed by atoms with van der Waals surface area (Å²) in [5.41, 5.74) is 5.83. The quantitative estimate of drug-likeness (QED) is 0.451. The van der Waals surface area contributed by atoms with E-state index in [9.17, 15) is 9.59 Å². The van der Waals surface area contributed by atoms with E-state index >= 15 is 0 Å². The van der Waals surface area contributed by atoms with Gasteiger partial charge in [-0.2, -0.15) is 0 Å². The van der Waals surface area contributed by atoms with Crippen molar-refractivity contribution in [2.24, 2.45) is 0 Å². The molecule has 6 nitrogen and oxygen atoms in total. The van der Waals surface area contributed by atoms with Gasteiger partial charge in [0.1, 0.15) is 5.60 Å².